The molecule has 0 bridgehead atoms. The molecule has 0 spiro atoms. The minimum Gasteiger partial charge on any atom is -0.507 e. The van der Waals surface area contributed by atoms with Gasteiger partial charge in [0.1, 0.15) is 17.2 Å². The maximum atomic E-state index is 11.2. The molecule has 0 amide bonds. The normalized spacial score (nSPS) is 18.5. The van der Waals surface area contributed by atoms with Gasteiger partial charge >= 0.3 is 0 Å². The molecule has 0 saturated heterocycles. The summed E-state index contributed by atoms with van der Waals surface area (Å²) in [5.41, 5.74) is 6.92. The lowest BCUT2D eigenvalue weighted by Crippen LogP contribution is -2.52. The van der Waals surface area contributed by atoms with E-state index in [1.807, 2.05) is 37.8 Å². The molecular formula is C28H39NO3S. The molecule has 5 heteroatoms. The van der Waals surface area contributed by atoms with Crippen LogP contribution in [0.1, 0.15) is 88.3 Å². The lowest BCUT2D eigenvalue weighted by molar-refractivity contribution is 0.0744. The van der Waals surface area contributed by atoms with Crippen molar-refractivity contribution in [3.05, 3.63) is 45.5 Å². The van der Waals surface area contributed by atoms with Crippen molar-refractivity contribution in [3.63, 3.8) is 0 Å². The van der Waals surface area contributed by atoms with Gasteiger partial charge in [0.2, 0.25) is 0 Å². The van der Waals surface area contributed by atoms with Crippen molar-refractivity contribution in [1.82, 2.24) is 0 Å². The van der Waals surface area contributed by atoms with Crippen molar-refractivity contribution in [2.24, 2.45) is 0 Å². The van der Waals surface area contributed by atoms with Crippen LogP contribution in [-0.4, -0.2) is 21.4 Å². The number of benzene rings is 2. The Morgan fingerprint density at radius 1 is 0.909 bits per heavy atom. The summed E-state index contributed by atoms with van der Waals surface area (Å²) in [5.74, 6) is 1.54. The zero-order valence-corrected chi connectivity index (χ0v) is 22.6. The number of hydrogen-bond acceptors (Lipinski definition) is 4. The molecule has 1 aliphatic rings. The highest BCUT2D eigenvalue weighted by atomic mass is 32.1. The Morgan fingerprint density at radius 2 is 1.42 bits per heavy atom. The van der Waals surface area contributed by atoms with Crippen molar-refractivity contribution in [1.29, 1.82) is 0 Å². The Kier molecular flexibility index (Phi) is 6.29. The minimum absolute atomic E-state index is 0.240. The van der Waals surface area contributed by atoms with Gasteiger partial charge in [-0.05, 0) is 73.8 Å². The second kappa shape index (κ2) is 8.19. The Labute approximate surface area is 204 Å². The zero-order chi connectivity index (χ0) is 25.1. The van der Waals surface area contributed by atoms with Gasteiger partial charge in [-0.25, -0.2) is 0 Å². The summed E-state index contributed by atoms with van der Waals surface area (Å²) in [6, 6.07) is 4.08. The third-order valence-corrected chi connectivity index (χ3v) is 7.32. The van der Waals surface area contributed by atoms with Crippen LogP contribution in [0.15, 0.2) is 12.1 Å². The number of fused-ring (bicyclic) bond motifs is 1. The predicted octanol–water partition coefficient (Wildman–Crippen LogP) is 7.12. The average Bonchev–Trinajstić information content (AvgIpc) is 2.70. The van der Waals surface area contributed by atoms with Crippen LogP contribution >= 0.6 is 12.2 Å². The molecule has 2 aromatic carbocycles. The minimum atomic E-state index is -0.698. The summed E-state index contributed by atoms with van der Waals surface area (Å²) in [7, 11) is 0. The van der Waals surface area contributed by atoms with Crippen LogP contribution in [-0.2, 0) is 17.3 Å². The van der Waals surface area contributed by atoms with E-state index in [0.717, 1.165) is 51.2 Å². The van der Waals surface area contributed by atoms with Gasteiger partial charge in [0.05, 0.1) is 5.49 Å². The number of phenols is 2. The third-order valence-electron chi connectivity index (χ3n) is 7.10. The third kappa shape index (κ3) is 4.32. The van der Waals surface area contributed by atoms with Crippen LogP contribution < -0.4 is 9.64 Å². The molecule has 180 valence electrons. The number of thiocarbonyl (C=S) groups is 1. The molecule has 2 aromatic rings. The van der Waals surface area contributed by atoms with E-state index in [9.17, 15) is 10.2 Å². The van der Waals surface area contributed by atoms with Crippen LogP contribution in [0, 0.1) is 20.8 Å². The zero-order valence-electron chi connectivity index (χ0n) is 21.8. The molecule has 0 fully saturated rings. The second-order valence-corrected chi connectivity index (χ2v) is 11.9. The largest absolute Gasteiger partial charge is 0.507 e. The smallest absolute Gasteiger partial charge is 0.184 e. The molecule has 2 N–H and O–H groups in total. The summed E-state index contributed by atoms with van der Waals surface area (Å²) >= 11 is 5.54. The molecule has 4 nitrogen and oxygen atoms in total. The molecule has 33 heavy (non-hydrogen) atoms. The standard InChI is InChI=1S/C28H39NO3S/c1-16-17(2)25-20(18(3)23(16)30)11-12-28(10,32-25)29(15-33)19-13-21(26(4,5)6)24(31)22(14-19)27(7,8)9/h13-15,30-31H,11-12H2,1-10H3. The number of rotatable bonds is 3. The highest BCUT2D eigenvalue weighted by Gasteiger charge is 2.40. The van der Waals surface area contributed by atoms with Gasteiger partial charge in [-0.1, -0.05) is 53.8 Å². The van der Waals surface area contributed by atoms with Crippen molar-refractivity contribution in [2.75, 3.05) is 4.90 Å². The number of ether oxygens (including phenoxy) is 1. The molecular weight excluding hydrogens is 430 g/mol. The Balaban J connectivity index is 2.19. The predicted molar refractivity (Wildman–Crippen MR) is 141 cm³/mol. The van der Waals surface area contributed by atoms with Crippen molar-refractivity contribution < 1.29 is 14.9 Å². The van der Waals surface area contributed by atoms with Gasteiger partial charge in [-0.2, -0.15) is 0 Å². The van der Waals surface area contributed by atoms with Gasteiger partial charge in [0.25, 0.3) is 0 Å². The number of hydrogen-bond donors (Lipinski definition) is 2. The van der Waals surface area contributed by atoms with Crippen LogP contribution in [0.3, 0.4) is 0 Å². The number of anilines is 1. The van der Waals surface area contributed by atoms with Crippen molar-refractivity contribution in [3.8, 4) is 17.2 Å². The molecule has 0 saturated carbocycles. The van der Waals surface area contributed by atoms with Crippen LogP contribution in [0.2, 0.25) is 0 Å². The number of aromatic hydroxyl groups is 2. The van der Waals surface area contributed by atoms with E-state index in [-0.39, 0.29) is 10.8 Å². The van der Waals surface area contributed by atoms with Gasteiger partial charge in [-0.15, -0.1) is 0 Å². The quantitative estimate of drug-likeness (QED) is 0.469. The van der Waals surface area contributed by atoms with Gasteiger partial charge in [0.15, 0.2) is 5.72 Å². The maximum Gasteiger partial charge on any atom is 0.184 e. The monoisotopic (exact) mass is 469 g/mol. The lowest BCUT2D eigenvalue weighted by Gasteiger charge is -2.45. The Bertz CT molecular complexity index is 1070. The first-order valence-corrected chi connectivity index (χ1v) is 12.1. The second-order valence-electron chi connectivity index (χ2n) is 11.7. The summed E-state index contributed by atoms with van der Waals surface area (Å²) in [4.78, 5) is 2.02. The SMILES string of the molecule is Cc1c(C)c2c(c(C)c1O)CCC(C)(N(C=S)c1cc(C(C)(C)C)c(O)c(C(C)(C)C)c1)O2. The van der Waals surface area contributed by atoms with E-state index >= 15 is 0 Å². The Hall–Kier alpha value is -2.27. The summed E-state index contributed by atoms with van der Waals surface area (Å²) in [6.45, 7) is 20.6. The van der Waals surface area contributed by atoms with Crippen LogP contribution in [0.25, 0.3) is 0 Å². The van der Waals surface area contributed by atoms with E-state index in [1.165, 1.54) is 0 Å². The van der Waals surface area contributed by atoms with E-state index < -0.39 is 5.72 Å². The number of phenolic OH excluding ortho intramolecular Hbond substituents is 2. The molecule has 1 unspecified atom stereocenters. The summed E-state index contributed by atoms with van der Waals surface area (Å²) in [5, 5.41) is 21.7. The van der Waals surface area contributed by atoms with Gasteiger partial charge in [0, 0.05) is 28.8 Å². The summed E-state index contributed by atoms with van der Waals surface area (Å²) in [6.07, 6.45) is 1.49. The molecule has 0 aromatic heterocycles. The fourth-order valence-electron chi connectivity index (χ4n) is 4.75. The van der Waals surface area contributed by atoms with Crippen molar-refractivity contribution >= 4 is 23.4 Å². The topological polar surface area (TPSA) is 52.9 Å². The van der Waals surface area contributed by atoms with Crippen molar-refractivity contribution in [2.45, 2.75) is 98.6 Å². The van der Waals surface area contributed by atoms with E-state index in [1.54, 1.807) is 5.49 Å². The lowest BCUT2D eigenvalue weighted by atomic mass is 9.79. The first-order valence-electron chi connectivity index (χ1n) is 11.7. The van der Waals surface area contributed by atoms with E-state index in [4.69, 9.17) is 17.0 Å². The molecule has 1 aliphatic heterocycles. The highest BCUT2D eigenvalue weighted by molar-refractivity contribution is 7.79. The Morgan fingerprint density at radius 3 is 1.88 bits per heavy atom. The molecule has 1 heterocycles. The molecule has 0 aliphatic carbocycles. The molecule has 3 rings (SSSR count). The van der Waals surface area contributed by atoms with Crippen LogP contribution in [0.4, 0.5) is 5.69 Å². The fourth-order valence-corrected chi connectivity index (χ4v) is 5.10. The molecule has 0 radical (unpaired) electrons. The van der Waals surface area contributed by atoms with Crippen LogP contribution in [0.5, 0.6) is 17.2 Å². The van der Waals surface area contributed by atoms with E-state index in [2.05, 4.69) is 48.5 Å². The fraction of sp³-hybridized carbons (Fsp3) is 0.536. The number of nitrogens with zero attached hydrogens (tertiary/aromatic N) is 1. The molecule has 1 atom stereocenters. The average molecular weight is 470 g/mol. The summed E-state index contributed by atoms with van der Waals surface area (Å²) < 4.78 is 6.71. The van der Waals surface area contributed by atoms with Gasteiger partial charge in [-0.3, -0.25) is 4.90 Å². The maximum absolute atomic E-state index is 11.2. The highest BCUT2D eigenvalue weighted by Crippen LogP contribution is 2.47. The first kappa shape index (κ1) is 25.4. The van der Waals surface area contributed by atoms with Gasteiger partial charge < -0.3 is 14.9 Å². The first-order chi connectivity index (χ1) is 15.0. The van der Waals surface area contributed by atoms with E-state index in [0.29, 0.717) is 17.9 Å².